The minimum atomic E-state index is -0.731. The molecule has 7 nitrogen and oxygen atoms in total. The normalized spacial score (nSPS) is 16.8. The zero-order chi connectivity index (χ0) is 20.7. The number of ether oxygens (including phenoxy) is 3. The van der Waals surface area contributed by atoms with Crippen molar-refractivity contribution >= 4 is 5.91 Å². The van der Waals surface area contributed by atoms with E-state index in [-0.39, 0.29) is 5.91 Å². The van der Waals surface area contributed by atoms with Gasteiger partial charge in [0.25, 0.3) is 0 Å². The van der Waals surface area contributed by atoms with Crippen LogP contribution in [0.25, 0.3) is 0 Å². The molecule has 0 aromatic heterocycles. The summed E-state index contributed by atoms with van der Waals surface area (Å²) in [4.78, 5) is 14.7. The molecule has 1 N–H and O–H groups in total. The van der Waals surface area contributed by atoms with Gasteiger partial charge in [0.05, 0.1) is 33.4 Å². The Morgan fingerprint density at radius 1 is 1.18 bits per heavy atom. The summed E-state index contributed by atoms with van der Waals surface area (Å²) in [6, 6.07) is 5.66. The smallest absolute Gasteiger partial charge is 0.238 e. The summed E-state index contributed by atoms with van der Waals surface area (Å²) in [5.74, 6) is 1.57. The quantitative estimate of drug-likeness (QED) is 0.736. The Bertz CT molecular complexity index is 723. The zero-order valence-electron chi connectivity index (χ0n) is 17.5. The van der Waals surface area contributed by atoms with Crippen molar-refractivity contribution in [1.82, 2.24) is 10.2 Å². The number of benzene rings is 1. The van der Waals surface area contributed by atoms with Gasteiger partial charge < -0.3 is 19.5 Å². The van der Waals surface area contributed by atoms with E-state index in [1.165, 1.54) is 0 Å². The third kappa shape index (κ3) is 4.68. The van der Waals surface area contributed by atoms with Crippen molar-refractivity contribution in [2.24, 2.45) is 0 Å². The molecule has 1 aromatic carbocycles. The number of carbonyl (C=O) groups is 1. The third-order valence-electron chi connectivity index (χ3n) is 5.53. The number of nitrogens with one attached hydrogen (secondary N) is 1. The maximum Gasteiger partial charge on any atom is 0.238 e. The molecule has 1 atom stereocenters. The van der Waals surface area contributed by atoms with Crippen LogP contribution in [0.4, 0.5) is 0 Å². The topological polar surface area (TPSA) is 83.8 Å². The maximum atomic E-state index is 12.8. The van der Waals surface area contributed by atoms with Crippen molar-refractivity contribution in [3.8, 4) is 23.3 Å². The van der Waals surface area contributed by atoms with Crippen LogP contribution in [0.15, 0.2) is 12.1 Å². The Morgan fingerprint density at radius 3 is 2.36 bits per heavy atom. The Balaban J connectivity index is 2.12. The molecule has 1 unspecified atom stereocenters. The number of likely N-dealkylation sites (N-methyl/N-ethyl adjacent to an activating group) is 1. The average Bonchev–Trinajstić information content (AvgIpc) is 2.73. The van der Waals surface area contributed by atoms with E-state index >= 15 is 0 Å². The molecule has 154 valence electrons. The molecule has 1 saturated carbocycles. The minimum absolute atomic E-state index is 0.134. The first-order valence-corrected chi connectivity index (χ1v) is 9.62. The molecule has 0 bridgehead atoms. The van der Waals surface area contributed by atoms with E-state index in [2.05, 4.69) is 11.4 Å². The molecule has 0 spiro atoms. The minimum Gasteiger partial charge on any atom is -0.493 e. The third-order valence-corrected chi connectivity index (χ3v) is 5.53. The van der Waals surface area contributed by atoms with Gasteiger partial charge in [0.15, 0.2) is 11.5 Å². The van der Waals surface area contributed by atoms with Crippen LogP contribution >= 0.6 is 0 Å². The molecule has 1 amide bonds. The zero-order valence-corrected chi connectivity index (χ0v) is 17.5. The highest BCUT2D eigenvalue weighted by Gasteiger charge is 2.35. The van der Waals surface area contributed by atoms with Gasteiger partial charge in [0.1, 0.15) is 5.54 Å². The van der Waals surface area contributed by atoms with Gasteiger partial charge in [-0.2, -0.15) is 5.26 Å². The molecule has 1 aliphatic carbocycles. The molecule has 28 heavy (non-hydrogen) atoms. The summed E-state index contributed by atoms with van der Waals surface area (Å²) < 4.78 is 16.3. The van der Waals surface area contributed by atoms with Crippen molar-refractivity contribution in [3.05, 3.63) is 17.7 Å². The first-order valence-electron chi connectivity index (χ1n) is 9.62. The van der Waals surface area contributed by atoms with Crippen LogP contribution in [-0.2, 0) is 11.3 Å². The standard InChI is InChI=1S/C21H31N3O4/c1-15(20(25)23-21(14-22)11-7-6-8-12-21)24(2)13-16-9-10-17(26-3)19(28-5)18(16)27-4/h9-10,15H,6-8,11-13H2,1-5H3,(H,23,25). The Morgan fingerprint density at radius 2 is 1.82 bits per heavy atom. The van der Waals surface area contributed by atoms with Gasteiger partial charge in [0, 0.05) is 12.1 Å². The molecule has 1 aliphatic rings. The number of methoxy groups -OCH3 is 3. The lowest BCUT2D eigenvalue weighted by Gasteiger charge is -2.34. The highest BCUT2D eigenvalue weighted by Crippen LogP contribution is 2.40. The number of nitriles is 1. The first kappa shape index (κ1) is 21.8. The molecule has 0 heterocycles. The second-order valence-electron chi connectivity index (χ2n) is 7.33. The van der Waals surface area contributed by atoms with Crippen molar-refractivity contribution in [2.75, 3.05) is 28.4 Å². The lowest BCUT2D eigenvalue weighted by atomic mass is 9.82. The molecule has 0 saturated heterocycles. The number of nitrogens with zero attached hydrogens (tertiary/aromatic N) is 2. The summed E-state index contributed by atoms with van der Waals surface area (Å²) in [6.07, 6.45) is 4.50. The van der Waals surface area contributed by atoms with Crippen LogP contribution in [0.3, 0.4) is 0 Å². The molecule has 7 heteroatoms. The average molecular weight is 389 g/mol. The highest BCUT2D eigenvalue weighted by molar-refractivity contribution is 5.82. The van der Waals surface area contributed by atoms with E-state index in [0.29, 0.717) is 23.8 Å². The second-order valence-corrected chi connectivity index (χ2v) is 7.33. The van der Waals surface area contributed by atoms with Gasteiger partial charge in [-0.25, -0.2) is 0 Å². The largest absolute Gasteiger partial charge is 0.493 e. The van der Waals surface area contributed by atoms with Crippen molar-refractivity contribution in [3.63, 3.8) is 0 Å². The van der Waals surface area contributed by atoms with Gasteiger partial charge in [-0.3, -0.25) is 9.69 Å². The molecule has 0 aliphatic heterocycles. The summed E-state index contributed by atoms with van der Waals surface area (Å²) in [6.45, 7) is 2.33. The van der Waals surface area contributed by atoms with Crippen LogP contribution in [0.2, 0.25) is 0 Å². The predicted molar refractivity (Wildman–Crippen MR) is 107 cm³/mol. The fourth-order valence-electron chi connectivity index (χ4n) is 3.65. The molecule has 2 rings (SSSR count). The highest BCUT2D eigenvalue weighted by atomic mass is 16.5. The van der Waals surface area contributed by atoms with Crippen LogP contribution < -0.4 is 19.5 Å². The van der Waals surface area contributed by atoms with Crippen molar-refractivity contribution < 1.29 is 19.0 Å². The fourth-order valence-corrected chi connectivity index (χ4v) is 3.65. The van der Waals surface area contributed by atoms with Crippen LogP contribution in [0, 0.1) is 11.3 Å². The van der Waals surface area contributed by atoms with Crippen molar-refractivity contribution in [1.29, 1.82) is 5.26 Å². The van der Waals surface area contributed by atoms with E-state index in [1.54, 1.807) is 21.3 Å². The lowest BCUT2D eigenvalue weighted by Crippen LogP contribution is -2.54. The SMILES string of the molecule is COc1ccc(CN(C)C(C)C(=O)NC2(C#N)CCCCC2)c(OC)c1OC. The lowest BCUT2D eigenvalue weighted by molar-refractivity contribution is -0.127. The summed E-state index contributed by atoms with van der Waals surface area (Å²) in [5.41, 5.74) is 0.154. The Labute approximate surface area is 167 Å². The van der Waals surface area contributed by atoms with Gasteiger partial charge >= 0.3 is 0 Å². The fraction of sp³-hybridized carbons (Fsp3) is 0.619. The number of amides is 1. The van der Waals surface area contributed by atoms with E-state index in [9.17, 15) is 10.1 Å². The second kappa shape index (κ2) is 9.65. The van der Waals surface area contributed by atoms with Gasteiger partial charge in [-0.15, -0.1) is 0 Å². The van der Waals surface area contributed by atoms with Crippen LogP contribution in [-0.4, -0.2) is 50.8 Å². The van der Waals surface area contributed by atoms with Crippen LogP contribution in [0.5, 0.6) is 17.2 Å². The molecule has 1 aromatic rings. The van der Waals surface area contributed by atoms with E-state index in [4.69, 9.17) is 14.2 Å². The summed E-state index contributed by atoms with van der Waals surface area (Å²) >= 11 is 0. The van der Waals surface area contributed by atoms with E-state index in [1.807, 2.05) is 31.0 Å². The first-order chi connectivity index (χ1) is 13.4. The number of hydrogen-bond acceptors (Lipinski definition) is 6. The Kier molecular flexibility index (Phi) is 7.53. The predicted octanol–water partition coefficient (Wildman–Crippen LogP) is 2.88. The molecule has 0 radical (unpaired) electrons. The van der Waals surface area contributed by atoms with Gasteiger partial charge in [0.2, 0.25) is 11.7 Å². The molecular formula is C21H31N3O4. The van der Waals surface area contributed by atoms with Gasteiger partial charge in [-0.05, 0) is 32.9 Å². The monoisotopic (exact) mass is 389 g/mol. The van der Waals surface area contributed by atoms with E-state index < -0.39 is 11.6 Å². The number of rotatable bonds is 8. The van der Waals surface area contributed by atoms with E-state index in [0.717, 1.165) is 37.7 Å². The van der Waals surface area contributed by atoms with Crippen molar-refractivity contribution in [2.45, 2.75) is 57.2 Å². The maximum absolute atomic E-state index is 12.8. The molecule has 1 fully saturated rings. The van der Waals surface area contributed by atoms with Crippen LogP contribution in [0.1, 0.15) is 44.6 Å². The number of hydrogen-bond donors (Lipinski definition) is 1. The molecular weight excluding hydrogens is 358 g/mol. The number of carbonyl (C=O) groups excluding carboxylic acids is 1. The summed E-state index contributed by atoms with van der Waals surface area (Å²) in [7, 11) is 6.60. The van der Waals surface area contributed by atoms with Gasteiger partial charge in [-0.1, -0.05) is 25.3 Å². The summed E-state index contributed by atoms with van der Waals surface area (Å²) in [5, 5.41) is 12.6. The Hall–Kier alpha value is -2.46.